The summed E-state index contributed by atoms with van der Waals surface area (Å²) in [5.41, 5.74) is -5.22. The van der Waals surface area contributed by atoms with E-state index in [0.29, 0.717) is 0 Å². The molecule has 3 nitrogen and oxygen atoms in total. The van der Waals surface area contributed by atoms with Crippen molar-refractivity contribution in [2.45, 2.75) is 68.3 Å². The highest BCUT2D eigenvalue weighted by Crippen LogP contribution is 2.61. The van der Waals surface area contributed by atoms with Gasteiger partial charge in [0, 0.05) is 19.8 Å². The number of halogens is 13. The summed E-state index contributed by atoms with van der Waals surface area (Å²) in [6, 6.07) is 0. The molecule has 0 aliphatic rings. The molecule has 17 heteroatoms. The van der Waals surface area contributed by atoms with E-state index in [1.807, 2.05) is 0 Å². The zero-order chi connectivity index (χ0) is 25.2. The summed E-state index contributed by atoms with van der Waals surface area (Å²) in [6.07, 6.45) is -3.61. The molecule has 0 aliphatic carbocycles. The number of hydrogen-bond acceptors (Lipinski definition) is 3. The minimum atomic E-state index is -7.67. The fourth-order valence-electron chi connectivity index (χ4n) is 2.27. The highest BCUT2D eigenvalue weighted by Gasteiger charge is 2.90. The zero-order valence-electron chi connectivity index (χ0n) is 16.2. The largest absolute Gasteiger partial charge is 0.396 e. The average Bonchev–Trinajstić information content (AvgIpc) is 2.60. The van der Waals surface area contributed by atoms with E-state index in [2.05, 4.69) is 14.2 Å². The van der Waals surface area contributed by atoms with Gasteiger partial charge in [-0.15, -0.1) is 0 Å². The van der Waals surface area contributed by atoms with E-state index in [-0.39, 0.29) is 0 Å². The molecule has 0 aromatic carbocycles. The van der Waals surface area contributed by atoms with Crippen LogP contribution in [-0.4, -0.2) is 70.8 Å². The SMILES string of the molecule is CCOC(OCC)(OCC)C(F)(F)C(F)(F)C(F)(F)C(F)(F)C(F)(F)CC(F)(F)[SiH2]F. The molecule has 0 radical (unpaired) electrons. The van der Waals surface area contributed by atoms with Gasteiger partial charge in [0.1, 0.15) is 0 Å². The molecule has 0 fully saturated rings. The van der Waals surface area contributed by atoms with E-state index in [0.717, 1.165) is 20.8 Å². The van der Waals surface area contributed by atoms with Gasteiger partial charge < -0.3 is 18.3 Å². The van der Waals surface area contributed by atoms with Crippen LogP contribution in [0.15, 0.2) is 0 Å². The van der Waals surface area contributed by atoms with Crippen molar-refractivity contribution in [2.24, 2.45) is 0 Å². The Morgan fingerprint density at radius 2 is 0.871 bits per heavy atom. The Morgan fingerprint density at radius 3 is 1.16 bits per heavy atom. The first-order valence-electron chi connectivity index (χ1n) is 8.45. The van der Waals surface area contributed by atoms with E-state index in [9.17, 15) is 56.8 Å². The molecule has 0 amide bonds. The lowest BCUT2D eigenvalue weighted by Gasteiger charge is -2.45. The third-order valence-electron chi connectivity index (χ3n) is 3.71. The van der Waals surface area contributed by atoms with Gasteiger partial charge in [-0.2, -0.15) is 43.9 Å². The van der Waals surface area contributed by atoms with Crippen LogP contribution in [0.1, 0.15) is 27.2 Å². The predicted octanol–water partition coefficient (Wildman–Crippen LogP) is 4.96. The number of rotatable bonds is 14. The number of hydrogen-bond donors (Lipinski definition) is 0. The number of ether oxygens (including phenoxy) is 3. The van der Waals surface area contributed by atoms with Gasteiger partial charge in [-0.1, -0.05) is 0 Å². The fourth-order valence-corrected chi connectivity index (χ4v) is 2.67. The molecular formula is C14H19F13O3Si. The first-order chi connectivity index (χ1) is 13.7. The molecule has 0 saturated carbocycles. The molecule has 0 saturated heterocycles. The van der Waals surface area contributed by atoms with Gasteiger partial charge in [0.2, 0.25) is 0 Å². The van der Waals surface area contributed by atoms with Crippen molar-refractivity contribution in [3.8, 4) is 0 Å². The van der Waals surface area contributed by atoms with Crippen LogP contribution in [0.5, 0.6) is 0 Å². The van der Waals surface area contributed by atoms with E-state index in [1.165, 1.54) is 0 Å². The summed E-state index contributed by atoms with van der Waals surface area (Å²) in [4.78, 5) is 0. The Hall–Kier alpha value is -0.813. The van der Waals surface area contributed by atoms with E-state index in [1.54, 1.807) is 0 Å². The van der Waals surface area contributed by atoms with Crippen LogP contribution in [0.3, 0.4) is 0 Å². The second-order valence-corrected chi connectivity index (χ2v) is 7.33. The molecule has 0 aromatic rings. The lowest BCUT2D eigenvalue weighted by atomic mass is 9.91. The van der Waals surface area contributed by atoms with Gasteiger partial charge in [0.05, 0.1) is 6.42 Å². The van der Waals surface area contributed by atoms with Gasteiger partial charge in [-0.05, 0) is 20.8 Å². The van der Waals surface area contributed by atoms with Gasteiger partial charge in [-0.25, -0.2) is 8.78 Å². The van der Waals surface area contributed by atoms with Crippen molar-refractivity contribution in [3.05, 3.63) is 0 Å². The lowest BCUT2D eigenvalue weighted by molar-refractivity contribution is -0.508. The summed E-state index contributed by atoms with van der Waals surface area (Å²) in [5, 5.41) is 0. The first-order valence-corrected chi connectivity index (χ1v) is 9.69. The normalized spacial score (nSPS) is 15.9. The molecule has 0 atom stereocenters. The molecule has 0 heterocycles. The summed E-state index contributed by atoms with van der Waals surface area (Å²) >= 11 is 0. The molecule has 0 spiro atoms. The van der Waals surface area contributed by atoms with E-state index in [4.69, 9.17) is 0 Å². The molecule has 0 bridgehead atoms. The van der Waals surface area contributed by atoms with Crippen molar-refractivity contribution in [2.75, 3.05) is 19.8 Å². The van der Waals surface area contributed by atoms with Crippen molar-refractivity contribution in [1.29, 1.82) is 0 Å². The lowest BCUT2D eigenvalue weighted by Crippen LogP contribution is -2.73. The monoisotopic (exact) mass is 510 g/mol. The van der Waals surface area contributed by atoms with Crippen LogP contribution in [0.2, 0.25) is 0 Å². The highest BCUT2D eigenvalue weighted by atomic mass is 28.3. The Kier molecular flexibility index (Phi) is 9.33. The topological polar surface area (TPSA) is 27.7 Å². The molecule has 31 heavy (non-hydrogen) atoms. The molecular weight excluding hydrogens is 491 g/mol. The first kappa shape index (κ1) is 30.2. The van der Waals surface area contributed by atoms with Crippen LogP contribution in [-0.2, 0) is 14.2 Å². The third-order valence-corrected chi connectivity index (χ3v) is 4.35. The summed E-state index contributed by atoms with van der Waals surface area (Å²) in [6.45, 7) is -0.369. The van der Waals surface area contributed by atoms with E-state index >= 15 is 0 Å². The summed E-state index contributed by atoms with van der Waals surface area (Å²) < 4.78 is 190. The maximum absolute atomic E-state index is 14.5. The van der Waals surface area contributed by atoms with Crippen LogP contribution in [0.25, 0.3) is 0 Å². The Balaban J connectivity index is 6.63. The van der Waals surface area contributed by atoms with Gasteiger partial charge >= 0.3 is 35.6 Å². The standard InChI is InChI=1S/C14H19F13O3Si/c1-4-28-14(29-5-2,30-6-3)13(25,26)12(23,24)11(21,22)10(19,20)8(15,16)7-9(17,18)31-27/h4-7,31H2,1-3H3. The van der Waals surface area contributed by atoms with Gasteiger partial charge in [-0.3, -0.25) is 0 Å². The Morgan fingerprint density at radius 1 is 0.548 bits per heavy atom. The molecule has 0 aliphatic heterocycles. The van der Waals surface area contributed by atoms with Crippen molar-refractivity contribution < 1.29 is 71.0 Å². The van der Waals surface area contributed by atoms with Crippen molar-refractivity contribution in [1.82, 2.24) is 0 Å². The van der Waals surface area contributed by atoms with Gasteiger partial charge in [0.15, 0.2) is 0 Å². The number of alkyl halides is 12. The second-order valence-electron chi connectivity index (χ2n) is 6.02. The second kappa shape index (κ2) is 9.58. The summed E-state index contributed by atoms with van der Waals surface area (Å²) in [7, 11) is -4.33. The van der Waals surface area contributed by atoms with Crippen LogP contribution in [0.4, 0.5) is 56.8 Å². The van der Waals surface area contributed by atoms with Crippen molar-refractivity contribution >= 4 is 9.85 Å². The average molecular weight is 510 g/mol. The van der Waals surface area contributed by atoms with Crippen molar-refractivity contribution in [3.63, 3.8) is 0 Å². The Bertz CT molecular complexity index is 569. The third kappa shape index (κ3) is 5.08. The van der Waals surface area contributed by atoms with Gasteiger partial charge in [0.25, 0.3) is 15.4 Å². The maximum Gasteiger partial charge on any atom is 0.396 e. The molecule has 0 aromatic heterocycles. The van der Waals surface area contributed by atoms with E-state index < -0.39 is 77.2 Å². The predicted molar refractivity (Wildman–Crippen MR) is 81.6 cm³/mol. The quantitative estimate of drug-likeness (QED) is 0.143. The summed E-state index contributed by atoms with van der Waals surface area (Å²) in [5.74, 6) is -40.3. The maximum atomic E-state index is 14.5. The molecule has 188 valence electrons. The fraction of sp³-hybridized carbons (Fsp3) is 1.00. The molecule has 0 rings (SSSR count). The smallest absolute Gasteiger partial charge is 0.323 e. The minimum Gasteiger partial charge on any atom is -0.323 e. The zero-order valence-corrected chi connectivity index (χ0v) is 17.6. The minimum absolute atomic E-state index is 0.866. The molecule has 0 N–H and O–H groups in total. The molecule has 0 unspecified atom stereocenters. The highest BCUT2D eigenvalue weighted by molar-refractivity contribution is 6.29. The Labute approximate surface area is 170 Å². The van der Waals surface area contributed by atoms with Crippen LogP contribution in [0, 0.1) is 0 Å². The van der Waals surface area contributed by atoms with Crippen LogP contribution >= 0.6 is 0 Å². The van der Waals surface area contributed by atoms with Crippen LogP contribution < -0.4 is 0 Å².